The molecule has 1 aromatic heterocycles. The molecule has 0 radical (unpaired) electrons. The third-order valence-electron chi connectivity index (χ3n) is 5.36. The molecule has 2 amide bonds. The summed E-state index contributed by atoms with van der Waals surface area (Å²) in [6.45, 7) is 2.19. The highest BCUT2D eigenvalue weighted by Crippen LogP contribution is 2.26. The Morgan fingerprint density at radius 3 is 2.42 bits per heavy atom. The van der Waals surface area contributed by atoms with E-state index in [0.717, 1.165) is 11.1 Å². The number of nitrogens with one attached hydrogen (secondary N) is 2. The molecule has 0 atom stereocenters. The average Bonchev–Trinajstić information content (AvgIpc) is 3.36. The van der Waals surface area contributed by atoms with E-state index in [1.807, 2.05) is 49.4 Å². The highest BCUT2D eigenvalue weighted by Gasteiger charge is 2.16. The van der Waals surface area contributed by atoms with Crippen LogP contribution in [0.25, 0.3) is 17.4 Å². The standard InChI is InChI=1S/C28H23N3O5/c1-19-10-12-21(13-11-19)27(32)30-25(28(33)29-18-20-6-3-2-4-7-20)17-24-14-15-26(36-24)22-8-5-9-23(16-22)31(34)35/h2-17H,18H2,1H3,(H,29,33)(H,30,32)/b25-17+. The van der Waals surface area contributed by atoms with Gasteiger partial charge >= 0.3 is 0 Å². The number of nitro benzene ring substituents is 1. The van der Waals surface area contributed by atoms with Crippen LogP contribution >= 0.6 is 0 Å². The van der Waals surface area contributed by atoms with Crippen LogP contribution in [0, 0.1) is 17.0 Å². The smallest absolute Gasteiger partial charge is 0.270 e. The van der Waals surface area contributed by atoms with E-state index >= 15 is 0 Å². The van der Waals surface area contributed by atoms with Crippen LogP contribution in [-0.2, 0) is 11.3 Å². The molecule has 0 bridgehead atoms. The SMILES string of the molecule is Cc1ccc(C(=O)N/C(=C/c2ccc(-c3cccc([N+](=O)[O-])c3)o2)C(=O)NCc2ccccc2)cc1. The number of hydrogen-bond acceptors (Lipinski definition) is 5. The van der Waals surface area contributed by atoms with Gasteiger partial charge < -0.3 is 15.1 Å². The Hall–Kier alpha value is -4.98. The van der Waals surface area contributed by atoms with Crippen LogP contribution in [0.4, 0.5) is 5.69 Å². The first-order valence-corrected chi connectivity index (χ1v) is 11.2. The van der Waals surface area contributed by atoms with Gasteiger partial charge in [0.25, 0.3) is 17.5 Å². The van der Waals surface area contributed by atoms with E-state index in [4.69, 9.17) is 4.42 Å². The minimum Gasteiger partial charge on any atom is -0.457 e. The molecule has 4 rings (SSSR count). The Morgan fingerprint density at radius 2 is 1.69 bits per heavy atom. The van der Waals surface area contributed by atoms with Gasteiger partial charge in [0.15, 0.2) is 0 Å². The van der Waals surface area contributed by atoms with Crippen molar-refractivity contribution in [3.63, 3.8) is 0 Å². The molecule has 0 saturated carbocycles. The predicted octanol–water partition coefficient (Wildman–Crippen LogP) is 5.25. The first kappa shape index (κ1) is 24.2. The highest BCUT2D eigenvalue weighted by atomic mass is 16.6. The zero-order chi connectivity index (χ0) is 25.5. The van der Waals surface area contributed by atoms with Gasteiger partial charge in [-0.25, -0.2) is 0 Å². The summed E-state index contributed by atoms with van der Waals surface area (Å²) in [6, 6.07) is 25.7. The molecule has 0 unspecified atom stereocenters. The van der Waals surface area contributed by atoms with Crippen LogP contribution in [0.2, 0.25) is 0 Å². The van der Waals surface area contributed by atoms with Crippen molar-refractivity contribution in [1.29, 1.82) is 0 Å². The molecule has 8 heteroatoms. The second kappa shape index (κ2) is 11.0. The number of non-ortho nitro benzene ring substituents is 1. The summed E-state index contributed by atoms with van der Waals surface area (Å²) < 4.78 is 5.82. The van der Waals surface area contributed by atoms with Crippen LogP contribution < -0.4 is 10.6 Å². The van der Waals surface area contributed by atoms with Gasteiger partial charge in [0.2, 0.25) is 0 Å². The summed E-state index contributed by atoms with van der Waals surface area (Å²) in [5.41, 5.74) is 2.76. The van der Waals surface area contributed by atoms with Gasteiger partial charge in [-0.2, -0.15) is 0 Å². The summed E-state index contributed by atoms with van der Waals surface area (Å²) in [5, 5.41) is 16.6. The van der Waals surface area contributed by atoms with Gasteiger partial charge in [0.05, 0.1) is 4.92 Å². The molecule has 36 heavy (non-hydrogen) atoms. The number of nitrogens with zero attached hydrogens (tertiary/aromatic N) is 1. The van der Waals surface area contributed by atoms with Gasteiger partial charge in [0, 0.05) is 35.9 Å². The second-order valence-electron chi connectivity index (χ2n) is 8.06. The second-order valence-corrected chi connectivity index (χ2v) is 8.06. The molecular formula is C28H23N3O5. The lowest BCUT2D eigenvalue weighted by molar-refractivity contribution is -0.384. The van der Waals surface area contributed by atoms with E-state index in [2.05, 4.69) is 10.6 Å². The maximum Gasteiger partial charge on any atom is 0.270 e. The fourth-order valence-corrected chi connectivity index (χ4v) is 3.43. The molecule has 4 aromatic rings. The Kier molecular flexibility index (Phi) is 7.36. The molecule has 3 aromatic carbocycles. The van der Waals surface area contributed by atoms with E-state index in [0.29, 0.717) is 22.6 Å². The van der Waals surface area contributed by atoms with E-state index in [1.54, 1.807) is 36.4 Å². The van der Waals surface area contributed by atoms with E-state index in [9.17, 15) is 19.7 Å². The minimum absolute atomic E-state index is 0.00329. The predicted molar refractivity (Wildman–Crippen MR) is 136 cm³/mol. The quantitative estimate of drug-likeness (QED) is 0.203. The molecule has 8 nitrogen and oxygen atoms in total. The molecule has 0 spiro atoms. The van der Waals surface area contributed by atoms with Crippen molar-refractivity contribution in [2.24, 2.45) is 0 Å². The number of carbonyl (C=O) groups is 2. The van der Waals surface area contributed by atoms with Gasteiger partial charge in [-0.3, -0.25) is 19.7 Å². The minimum atomic E-state index is -0.493. The number of nitro groups is 1. The highest BCUT2D eigenvalue weighted by molar-refractivity contribution is 6.05. The Labute approximate surface area is 207 Å². The van der Waals surface area contributed by atoms with E-state index in [1.165, 1.54) is 18.2 Å². The summed E-state index contributed by atoms with van der Waals surface area (Å²) in [5.74, 6) is -0.251. The maximum absolute atomic E-state index is 13.0. The number of rotatable bonds is 8. The zero-order valence-electron chi connectivity index (χ0n) is 19.4. The molecule has 1 heterocycles. The lowest BCUT2D eigenvalue weighted by atomic mass is 10.1. The van der Waals surface area contributed by atoms with E-state index in [-0.39, 0.29) is 17.9 Å². The van der Waals surface area contributed by atoms with Crippen LogP contribution in [0.5, 0.6) is 0 Å². The Bertz CT molecular complexity index is 1420. The van der Waals surface area contributed by atoms with Crippen LogP contribution in [0.15, 0.2) is 101 Å². The molecule has 180 valence electrons. The lowest BCUT2D eigenvalue weighted by Crippen LogP contribution is -2.34. The monoisotopic (exact) mass is 481 g/mol. The fraction of sp³-hybridized carbons (Fsp3) is 0.0714. The van der Waals surface area contributed by atoms with Crippen LogP contribution in [0.3, 0.4) is 0 Å². The van der Waals surface area contributed by atoms with Crippen molar-refractivity contribution in [3.8, 4) is 11.3 Å². The topological polar surface area (TPSA) is 114 Å². The average molecular weight is 482 g/mol. The number of carbonyl (C=O) groups excluding carboxylic acids is 2. The van der Waals surface area contributed by atoms with E-state index < -0.39 is 16.7 Å². The lowest BCUT2D eigenvalue weighted by Gasteiger charge is -2.11. The zero-order valence-corrected chi connectivity index (χ0v) is 19.4. The molecule has 0 aliphatic rings. The van der Waals surface area contributed by atoms with Gasteiger partial charge in [-0.05, 0) is 36.8 Å². The molecule has 0 aliphatic heterocycles. The number of aryl methyl sites for hydroxylation is 1. The molecular weight excluding hydrogens is 458 g/mol. The fourth-order valence-electron chi connectivity index (χ4n) is 3.43. The van der Waals surface area contributed by atoms with Gasteiger partial charge in [-0.15, -0.1) is 0 Å². The van der Waals surface area contributed by atoms with Crippen LogP contribution in [0.1, 0.15) is 27.2 Å². The summed E-state index contributed by atoms with van der Waals surface area (Å²) >= 11 is 0. The number of amides is 2. The Balaban J connectivity index is 1.59. The molecule has 0 saturated heterocycles. The van der Waals surface area contributed by atoms with Crippen molar-refractivity contribution in [3.05, 3.63) is 129 Å². The first-order valence-electron chi connectivity index (χ1n) is 11.2. The van der Waals surface area contributed by atoms with Crippen molar-refractivity contribution >= 4 is 23.6 Å². The number of benzene rings is 3. The van der Waals surface area contributed by atoms with Crippen molar-refractivity contribution < 1.29 is 18.9 Å². The maximum atomic E-state index is 13.0. The molecule has 0 aliphatic carbocycles. The molecule has 2 N–H and O–H groups in total. The van der Waals surface area contributed by atoms with Gasteiger partial charge in [-0.1, -0.05) is 60.2 Å². The summed E-state index contributed by atoms with van der Waals surface area (Å²) in [4.78, 5) is 36.5. The summed E-state index contributed by atoms with van der Waals surface area (Å²) in [7, 11) is 0. The number of hydrogen-bond donors (Lipinski definition) is 2. The van der Waals surface area contributed by atoms with Crippen molar-refractivity contribution in [2.45, 2.75) is 13.5 Å². The number of furan rings is 1. The Morgan fingerprint density at radius 1 is 0.944 bits per heavy atom. The summed E-state index contributed by atoms with van der Waals surface area (Å²) in [6.07, 6.45) is 1.42. The van der Waals surface area contributed by atoms with Crippen molar-refractivity contribution in [1.82, 2.24) is 10.6 Å². The van der Waals surface area contributed by atoms with Crippen molar-refractivity contribution in [2.75, 3.05) is 0 Å². The van der Waals surface area contributed by atoms with Gasteiger partial charge in [0.1, 0.15) is 17.2 Å². The molecule has 0 fully saturated rings. The third kappa shape index (κ3) is 6.12. The van der Waals surface area contributed by atoms with Crippen LogP contribution in [-0.4, -0.2) is 16.7 Å². The largest absolute Gasteiger partial charge is 0.457 e. The first-order chi connectivity index (χ1) is 17.4. The third-order valence-corrected chi connectivity index (χ3v) is 5.36. The normalized spacial score (nSPS) is 11.1.